The molecule has 2 saturated carbocycles. The van der Waals surface area contributed by atoms with Gasteiger partial charge in [0.15, 0.2) is 0 Å². The van der Waals surface area contributed by atoms with Crippen molar-refractivity contribution < 1.29 is 41.6 Å². The van der Waals surface area contributed by atoms with Gasteiger partial charge in [-0.1, -0.05) is 6.07 Å². The summed E-state index contributed by atoms with van der Waals surface area (Å²) in [4.78, 5) is 38.2. The number of rotatable bonds is 5. The molecule has 1 aliphatic heterocycles. The summed E-state index contributed by atoms with van der Waals surface area (Å²) in [7, 11) is -4.38. The van der Waals surface area contributed by atoms with E-state index in [1.165, 1.54) is 12.1 Å². The van der Waals surface area contributed by atoms with E-state index < -0.39 is 58.0 Å². The monoisotopic (exact) mass is 710 g/mol. The summed E-state index contributed by atoms with van der Waals surface area (Å²) in [5.74, 6) is -3.90. The van der Waals surface area contributed by atoms with E-state index in [2.05, 4.69) is 45.2 Å². The molecule has 0 spiro atoms. The van der Waals surface area contributed by atoms with Crippen molar-refractivity contribution in [3.8, 4) is 5.75 Å². The topological polar surface area (TPSA) is 133 Å². The van der Waals surface area contributed by atoms with E-state index in [1.807, 2.05) is 6.07 Å². The van der Waals surface area contributed by atoms with Crippen molar-refractivity contribution in [2.75, 3.05) is 0 Å². The maximum absolute atomic E-state index is 13.1. The molecule has 1 heterocycles. The van der Waals surface area contributed by atoms with Crippen LogP contribution in [0.1, 0.15) is 16.8 Å². The van der Waals surface area contributed by atoms with Crippen LogP contribution in [-0.2, 0) is 29.2 Å². The molecule has 2 bridgehead atoms. The quantitative estimate of drug-likeness (QED) is 0.215. The highest BCUT2D eigenvalue weighted by Gasteiger charge is 2.70. The lowest BCUT2D eigenvalue weighted by Crippen LogP contribution is -2.44. The van der Waals surface area contributed by atoms with Crippen molar-refractivity contribution in [3.05, 3.63) is 55.2 Å². The fourth-order valence-electron chi connectivity index (χ4n) is 5.18. The lowest BCUT2D eigenvalue weighted by Gasteiger charge is -2.30. The van der Waals surface area contributed by atoms with E-state index in [1.54, 1.807) is 12.1 Å². The molecule has 2 aliphatic carbocycles. The second-order valence-corrected chi connectivity index (χ2v) is 12.0. The molecule has 12 heteroatoms. The van der Waals surface area contributed by atoms with Crippen molar-refractivity contribution in [1.82, 2.24) is 0 Å². The van der Waals surface area contributed by atoms with Crippen LogP contribution in [0.3, 0.4) is 0 Å². The molecular formula is C22H16I2O9S. The van der Waals surface area contributed by atoms with E-state index in [9.17, 15) is 22.8 Å². The largest absolute Gasteiger partial charge is 0.458 e. The molecular weight excluding hydrogens is 694 g/mol. The Morgan fingerprint density at radius 2 is 1.76 bits per heavy atom. The van der Waals surface area contributed by atoms with Crippen molar-refractivity contribution in [2.24, 2.45) is 23.7 Å². The summed E-state index contributed by atoms with van der Waals surface area (Å²) < 4.78 is 49.9. The van der Waals surface area contributed by atoms with Gasteiger partial charge >= 0.3 is 17.9 Å². The molecule has 2 aromatic carbocycles. The predicted molar refractivity (Wildman–Crippen MR) is 131 cm³/mol. The number of esters is 3. The Hall–Kier alpha value is -1.78. The molecule has 3 fully saturated rings. The highest BCUT2D eigenvalue weighted by atomic mass is 127. The SMILES string of the molecule is O=C(OC1C2CC3C1OC(=O)[C@@H]3C2C(=O)Oc1ccc(S(=O)(=O)O)cc1)c1cccc(I)c1I. The van der Waals surface area contributed by atoms with Gasteiger partial charge in [-0.05, 0) is 88.0 Å². The number of halogens is 2. The van der Waals surface area contributed by atoms with E-state index in [0.717, 1.165) is 19.3 Å². The second-order valence-electron chi connectivity index (χ2n) is 8.36. The Bertz CT molecular complexity index is 1310. The highest BCUT2D eigenvalue weighted by molar-refractivity contribution is 14.1. The van der Waals surface area contributed by atoms with Crippen LogP contribution in [0.5, 0.6) is 5.75 Å². The first kappa shape index (κ1) is 23.9. The summed E-state index contributed by atoms with van der Waals surface area (Å²) in [6, 6.07) is 9.96. The number of carbonyl (C=O) groups excluding carboxylic acids is 3. The molecule has 34 heavy (non-hydrogen) atoms. The fraction of sp³-hybridized carbons (Fsp3) is 0.318. The average Bonchev–Trinajstić information content (AvgIpc) is 3.39. The summed E-state index contributed by atoms with van der Waals surface area (Å²) in [5.41, 5.74) is 0.397. The number of hydrogen-bond donors (Lipinski definition) is 1. The van der Waals surface area contributed by atoms with Gasteiger partial charge < -0.3 is 14.2 Å². The molecule has 0 aromatic heterocycles. The number of hydrogen-bond acceptors (Lipinski definition) is 8. The summed E-state index contributed by atoms with van der Waals surface area (Å²) in [5, 5.41) is 0. The standard InChI is InChI=1S/C22H16I2O9S/c23-14-3-1-2-11(17(14)24)20(25)32-18-12-8-13-16(22(27)33-19(13)18)15(12)21(26)31-9-4-6-10(7-5-9)34(28,29)30/h1-7,12-13,15-16,18-19H,8H2,(H,28,29,30)/t12?,13?,15?,16-,18?,19?/m0/s1. The molecule has 178 valence electrons. The maximum atomic E-state index is 13.1. The molecule has 2 aromatic rings. The summed E-state index contributed by atoms with van der Waals surface area (Å²) >= 11 is 4.19. The zero-order valence-electron chi connectivity index (χ0n) is 17.1. The summed E-state index contributed by atoms with van der Waals surface area (Å²) in [6.07, 6.45) is -0.873. The van der Waals surface area contributed by atoms with Gasteiger partial charge in [-0.25, -0.2) is 4.79 Å². The smallest absolute Gasteiger partial charge is 0.339 e. The van der Waals surface area contributed by atoms with E-state index in [4.69, 9.17) is 18.8 Å². The molecule has 3 aliphatic rings. The van der Waals surface area contributed by atoms with Gasteiger partial charge in [-0.2, -0.15) is 8.42 Å². The Labute approximate surface area is 221 Å². The predicted octanol–water partition coefficient (Wildman–Crippen LogP) is 3.08. The van der Waals surface area contributed by atoms with Gasteiger partial charge in [-0.15, -0.1) is 0 Å². The number of benzene rings is 2. The minimum Gasteiger partial charge on any atom is -0.458 e. The first-order valence-electron chi connectivity index (χ1n) is 10.2. The van der Waals surface area contributed by atoms with Gasteiger partial charge in [0, 0.05) is 19.0 Å². The maximum Gasteiger partial charge on any atom is 0.339 e. The second kappa shape index (κ2) is 8.71. The first-order valence-corrected chi connectivity index (χ1v) is 13.8. The molecule has 6 atom stereocenters. The molecule has 0 amide bonds. The molecule has 9 nitrogen and oxygen atoms in total. The van der Waals surface area contributed by atoms with E-state index in [-0.39, 0.29) is 16.6 Å². The van der Waals surface area contributed by atoms with Crippen LogP contribution >= 0.6 is 45.2 Å². The number of carbonyl (C=O) groups is 3. The number of fused-ring (bicyclic) bond motifs is 1. The zero-order valence-corrected chi connectivity index (χ0v) is 22.2. The highest BCUT2D eigenvalue weighted by Crippen LogP contribution is 2.59. The third kappa shape index (κ3) is 4.01. The molecule has 5 rings (SSSR count). The lowest BCUT2D eigenvalue weighted by molar-refractivity contribution is -0.149. The minimum absolute atomic E-state index is 0.0602. The fourth-order valence-corrected chi connectivity index (χ4v) is 6.74. The van der Waals surface area contributed by atoms with Crippen molar-refractivity contribution >= 4 is 73.2 Å². The number of ether oxygens (including phenoxy) is 3. The van der Waals surface area contributed by atoms with Crippen LogP contribution in [-0.4, -0.2) is 43.1 Å². The zero-order chi connectivity index (χ0) is 24.4. The van der Waals surface area contributed by atoms with Crippen molar-refractivity contribution in [3.63, 3.8) is 0 Å². The minimum atomic E-state index is -4.38. The third-order valence-corrected chi connectivity index (χ3v) is 10.5. The van der Waals surface area contributed by atoms with Crippen LogP contribution in [0.25, 0.3) is 0 Å². The Balaban J connectivity index is 1.36. The van der Waals surface area contributed by atoms with E-state index in [0.29, 0.717) is 12.0 Å². The van der Waals surface area contributed by atoms with Crippen molar-refractivity contribution in [1.29, 1.82) is 0 Å². The Kier molecular flexibility index (Phi) is 6.13. The summed E-state index contributed by atoms with van der Waals surface area (Å²) in [6.45, 7) is 0. The van der Waals surface area contributed by atoms with E-state index >= 15 is 0 Å². The van der Waals surface area contributed by atoms with Crippen LogP contribution in [0.4, 0.5) is 0 Å². The van der Waals surface area contributed by atoms with Crippen LogP contribution in [0.2, 0.25) is 0 Å². The Morgan fingerprint density at radius 3 is 2.44 bits per heavy atom. The molecule has 1 saturated heterocycles. The van der Waals surface area contributed by atoms with Gasteiger partial charge in [0.25, 0.3) is 10.1 Å². The van der Waals surface area contributed by atoms with Crippen LogP contribution < -0.4 is 4.74 Å². The first-order chi connectivity index (χ1) is 16.1. The van der Waals surface area contributed by atoms with Gasteiger partial charge in [0.2, 0.25) is 0 Å². The van der Waals surface area contributed by atoms with Gasteiger partial charge in [0.05, 0.1) is 22.3 Å². The van der Waals surface area contributed by atoms with Gasteiger partial charge in [-0.3, -0.25) is 14.1 Å². The third-order valence-electron chi connectivity index (χ3n) is 6.57. The van der Waals surface area contributed by atoms with Gasteiger partial charge in [0.1, 0.15) is 18.0 Å². The van der Waals surface area contributed by atoms with Crippen molar-refractivity contribution in [2.45, 2.75) is 23.5 Å². The van der Waals surface area contributed by atoms with Crippen LogP contribution in [0.15, 0.2) is 47.4 Å². The normalized spacial score (nSPS) is 29.1. The Morgan fingerprint density at radius 1 is 1.06 bits per heavy atom. The van der Waals surface area contributed by atoms with Crippen LogP contribution in [0, 0.1) is 30.8 Å². The lowest BCUT2D eigenvalue weighted by atomic mass is 9.78. The molecule has 5 unspecified atom stereocenters. The average molecular weight is 710 g/mol. The molecule has 1 N–H and O–H groups in total. The molecule has 0 radical (unpaired) electrons.